The van der Waals surface area contributed by atoms with Crippen molar-refractivity contribution < 1.29 is 9.47 Å². The zero-order valence-corrected chi connectivity index (χ0v) is 9.76. The van der Waals surface area contributed by atoms with Crippen molar-refractivity contribution in [2.24, 2.45) is 0 Å². The highest BCUT2D eigenvalue weighted by atomic mass is 16.7. The van der Waals surface area contributed by atoms with E-state index in [1.54, 1.807) is 14.2 Å². The van der Waals surface area contributed by atoms with Gasteiger partial charge in [-0.3, -0.25) is 4.90 Å². The van der Waals surface area contributed by atoms with Gasteiger partial charge in [0.1, 0.15) is 0 Å². The summed E-state index contributed by atoms with van der Waals surface area (Å²) in [5, 5.41) is 0. The summed E-state index contributed by atoms with van der Waals surface area (Å²) in [6.07, 6.45) is 0.986. The van der Waals surface area contributed by atoms with Crippen molar-refractivity contribution in [3.05, 3.63) is 0 Å². The lowest BCUT2D eigenvalue weighted by Crippen LogP contribution is -2.45. The van der Waals surface area contributed by atoms with Gasteiger partial charge in [0, 0.05) is 26.3 Å². The van der Waals surface area contributed by atoms with Gasteiger partial charge in [0.05, 0.1) is 0 Å². The van der Waals surface area contributed by atoms with E-state index in [9.17, 15) is 0 Å². The number of methoxy groups -OCH3 is 2. The summed E-state index contributed by atoms with van der Waals surface area (Å²) in [5.41, 5.74) is 0.204. The van der Waals surface area contributed by atoms with Crippen molar-refractivity contribution in [1.82, 2.24) is 4.90 Å². The van der Waals surface area contributed by atoms with Gasteiger partial charge >= 0.3 is 0 Å². The second-order valence-electron chi connectivity index (χ2n) is 3.95. The zero-order chi connectivity index (χ0) is 10.5. The summed E-state index contributed by atoms with van der Waals surface area (Å²) in [4.78, 5) is 2.25. The predicted octanol–water partition coefficient (Wildman–Crippen LogP) is 1.73. The molecule has 0 rings (SSSR count). The lowest BCUT2D eigenvalue weighted by atomic mass is 10.0. The van der Waals surface area contributed by atoms with Gasteiger partial charge in [0.2, 0.25) is 0 Å². The molecule has 0 aromatic rings. The SMILES string of the molecule is CCC(C)(C)N(C)CC(OC)OC. The molecule has 0 aliphatic carbocycles. The first kappa shape index (κ1) is 12.9. The summed E-state index contributed by atoms with van der Waals surface area (Å²) in [6, 6.07) is 0. The summed E-state index contributed by atoms with van der Waals surface area (Å²) >= 11 is 0. The molecule has 0 amide bonds. The van der Waals surface area contributed by atoms with Gasteiger partial charge in [-0.1, -0.05) is 6.92 Å². The van der Waals surface area contributed by atoms with Gasteiger partial charge in [0.15, 0.2) is 6.29 Å². The lowest BCUT2D eigenvalue weighted by molar-refractivity contribution is -0.122. The Labute approximate surface area is 82.0 Å². The molecule has 0 spiro atoms. The van der Waals surface area contributed by atoms with Gasteiger partial charge < -0.3 is 9.47 Å². The summed E-state index contributed by atoms with van der Waals surface area (Å²) in [6.45, 7) is 7.42. The van der Waals surface area contributed by atoms with Crippen LogP contribution >= 0.6 is 0 Å². The minimum atomic E-state index is -0.129. The molecule has 0 heterocycles. The van der Waals surface area contributed by atoms with Crippen molar-refractivity contribution in [3.8, 4) is 0 Å². The van der Waals surface area contributed by atoms with Gasteiger partial charge in [-0.2, -0.15) is 0 Å². The molecular formula is C10H23NO2. The van der Waals surface area contributed by atoms with Crippen LogP contribution in [0.2, 0.25) is 0 Å². The van der Waals surface area contributed by atoms with E-state index in [2.05, 4.69) is 32.7 Å². The summed E-state index contributed by atoms with van der Waals surface area (Å²) in [7, 11) is 5.43. The molecule has 0 N–H and O–H groups in total. The van der Waals surface area contributed by atoms with Crippen LogP contribution in [0.4, 0.5) is 0 Å². The van der Waals surface area contributed by atoms with E-state index in [1.807, 2.05) is 0 Å². The van der Waals surface area contributed by atoms with Crippen LogP contribution in [0.15, 0.2) is 0 Å². The molecule has 0 aromatic heterocycles. The van der Waals surface area contributed by atoms with E-state index < -0.39 is 0 Å². The molecule has 0 aliphatic heterocycles. The molecule has 0 saturated heterocycles. The van der Waals surface area contributed by atoms with E-state index in [1.165, 1.54) is 0 Å². The van der Waals surface area contributed by atoms with Crippen molar-refractivity contribution in [3.63, 3.8) is 0 Å². The second-order valence-corrected chi connectivity index (χ2v) is 3.95. The number of ether oxygens (including phenoxy) is 2. The van der Waals surface area contributed by atoms with Crippen LogP contribution in [0.3, 0.4) is 0 Å². The number of hydrogen-bond donors (Lipinski definition) is 0. The quantitative estimate of drug-likeness (QED) is 0.594. The Bertz CT molecular complexity index is 133. The average Bonchev–Trinajstić information content (AvgIpc) is 2.13. The van der Waals surface area contributed by atoms with Crippen LogP contribution < -0.4 is 0 Å². The molecule has 3 heteroatoms. The third kappa shape index (κ3) is 4.07. The molecule has 0 radical (unpaired) electrons. The van der Waals surface area contributed by atoms with Crippen LogP contribution in [0.5, 0.6) is 0 Å². The first-order valence-corrected chi connectivity index (χ1v) is 4.74. The molecule has 0 atom stereocenters. The molecule has 0 aliphatic rings. The maximum absolute atomic E-state index is 5.15. The predicted molar refractivity (Wildman–Crippen MR) is 54.8 cm³/mol. The van der Waals surface area contributed by atoms with E-state index in [4.69, 9.17) is 9.47 Å². The second kappa shape index (κ2) is 5.58. The topological polar surface area (TPSA) is 21.7 Å². The molecular weight excluding hydrogens is 166 g/mol. The Morgan fingerprint density at radius 2 is 1.69 bits per heavy atom. The van der Waals surface area contributed by atoms with E-state index >= 15 is 0 Å². The standard InChI is InChI=1S/C10H23NO2/c1-7-10(2,3)11(4)8-9(12-5)13-6/h9H,7-8H2,1-6H3. The van der Waals surface area contributed by atoms with E-state index in [-0.39, 0.29) is 11.8 Å². The number of nitrogens with zero attached hydrogens (tertiary/aromatic N) is 1. The molecule has 13 heavy (non-hydrogen) atoms. The fourth-order valence-corrected chi connectivity index (χ4v) is 0.986. The van der Waals surface area contributed by atoms with Crippen LogP contribution in [0.25, 0.3) is 0 Å². The van der Waals surface area contributed by atoms with E-state index in [0.717, 1.165) is 13.0 Å². The Morgan fingerprint density at radius 3 is 2.00 bits per heavy atom. The first-order valence-electron chi connectivity index (χ1n) is 4.74. The molecule has 0 bridgehead atoms. The van der Waals surface area contributed by atoms with Crippen LogP contribution in [0, 0.1) is 0 Å². The van der Waals surface area contributed by atoms with Crippen LogP contribution in [-0.4, -0.2) is 44.5 Å². The van der Waals surface area contributed by atoms with Crippen LogP contribution in [-0.2, 0) is 9.47 Å². The van der Waals surface area contributed by atoms with Crippen molar-refractivity contribution in [2.45, 2.75) is 39.0 Å². The highest BCUT2D eigenvalue weighted by molar-refractivity contribution is 4.77. The lowest BCUT2D eigenvalue weighted by Gasteiger charge is -2.36. The molecule has 0 unspecified atom stereocenters. The fourth-order valence-electron chi connectivity index (χ4n) is 0.986. The van der Waals surface area contributed by atoms with Gasteiger partial charge in [-0.25, -0.2) is 0 Å². The average molecular weight is 189 g/mol. The van der Waals surface area contributed by atoms with Crippen molar-refractivity contribution in [2.75, 3.05) is 27.8 Å². The van der Waals surface area contributed by atoms with Crippen molar-refractivity contribution in [1.29, 1.82) is 0 Å². The fraction of sp³-hybridized carbons (Fsp3) is 1.00. The highest BCUT2D eigenvalue weighted by Gasteiger charge is 2.23. The molecule has 0 saturated carbocycles. The van der Waals surface area contributed by atoms with Gasteiger partial charge in [0.25, 0.3) is 0 Å². The maximum atomic E-state index is 5.15. The minimum absolute atomic E-state index is 0.129. The molecule has 80 valence electrons. The minimum Gasteiger partial charge on any atom is -0.355 e. The highest BCUT2D eigenvalue weighted by Crippen LogP contribution is 2.16. The number of hydrogen-bond acceptors (Lipinski definition) is 3. The van der Waals surface area contributed by atoms with Gasteiger partial charge in [-0.15, -0.1) is 0 Å². The monoisotopic (exact) mass is 189 g/mol. The normalized spacial score (nSPS) is 12.9. The molecule has 3 nitrogen and oxygen atoms in total. The Balaban J connectivity index is 4.04. The first-order chi connectivity index (χ1) is 5.97. The third-order valence-electron chi connectivity index (χ3n) is 2.85. The summed E-state index contributed by atoms with van der Waals surface area (Å²) in [5.74, 6) is 0. The Hall–Kier alpha value is -0.120. The van der Waals surface area contributed by atoms with E-state index in [0.29, 0.717) is 0 Å². The number of rotatable bonds is 6. The summed E-state index contributed by atoms with van der Waals surface area (Å²) < 4.78 is 10.3. The smallest absolute Gasteiger partial charge is 0.169 e. The Morgan fingerprint density at radius 1 is 1.23 bits per heavy atom. The Kier molecular flexibility index (Phi) is 5.53. The van der Waals surface area contributed by atoms with Gasteiger partial charge in [-0.05, 0) is 27.3 Å². The zero-order valence-electron chi connectivity index (χ0n) is 9.76. The third-order valence-corrected chi connectivity index (χ3v) is 2.85. The van der Waals surface area contributed by atoms with Crippen molar-refractivity contribution >= 4 is 0 Å². The van der Waals surface area contributed by atoms with Crippen LogP contribution in [0.1, 0.15) is 27.2 Å². The maximum Gasteiger partial charge on any atom is 0.169 e. The number of likely N-dealkylation sites (N-methyl/N-ethyl adjacent to an activating group) is 1. The molecule has 0 aromatic carbocycles. The molecule has 0 fully saturated rings. The largest absolute Gasteiger partial charge is 0.355 e.